The van der Waals surface area contributed by atoms with Crippen LogP contribution in [-0.4, -0.2) is 33.8 Å². The molecule has 0 aliphatic carbocycles. The van der Waals surface area contributed by atoms with Gasteiger partial charge in [-0.1, -0.05) is 6.07 Å². The summed E-state index contributed by atoms with van der Waals surface area (Å²) in [5.74, 6) is -1.36. The third-order valence-corrected chi connectivity index (χ3v) is 3.47. The van der Waals surface area contributed by atoms with Crippen molar-refractivity contribution in [2.24, 2.45) is 0 Å². The summed E-state index contributed by atoms with van der Waals surface area (Å²) in [6.07, 6.45) is 0. The van der Waals surface area contributed by atoms with Crippen LogP contribution in [0.25, 0.3) is 5.69 Å². The van der Waals surface area contributed by atoms with Crippen molar-refractivity contribution in [3.63, 3.8) is 0 Å². The molecule has 8 nitrogen and oxygen atoms in total. The zero-order valence-electron chi connectivity index (χ0n) is 10.2. The number of hydrogen-bond donors (Lipinski definition) is 3. The maximum atomic E-state index is 11.7. The van der Waals surface area contributed by atoms with Crippen molar-refractivity contribution in [3.05, 3.63) is 45.9 Å². The second-order valence-corrected chi connectivity index (χ2v) is 5.48. The molecule has 0 aliphatic rings. The fourth-order valence-electron chi connectivity index (χ4n) is 1.70. The number of nitrogens with zero attached hydrogens (tertiary/aromatic N) is 1. The Balaban J connectivity index is 2.77. The van der Waals surface area contributed by atoms with Crippen molar-refractivity contribution >= 4 is 16.1 Å². The Labute approximate surface area is 113 Å². The summed E-state index contributed by atoms with van der Waals surface area (Å²) in [6, 6.07) is 4.81. The smallest absolute Gasteiger partial charge is 0.353 e. The molecule has 2 rings (SSSR count). The molecule has 2 aromatic rings. The van der Waals surface area contributed by atoms with E-state index in [1.165, 1.54) is 18.2 Å². The van der Waals surface area contributed by atoms with Gasteiger partial charge in [0.25, 0.3) is 15.7 Å². The SMILES string of the molecule is Cc1ccc(-n2[nH]c(C(=O)O)cc2=O)c(S(=O)(=O)O)c1. The van der Waals surface area contributed by atoms with E-state index in [-0.39, 0.29) is 5.69 Å². The predicted octanol–water partition coefficient (Wildman–Crippen LogP) is 0.419. The molecule has 1 heterocycles. The van der Waals surface area contributed by atoms with Crippen molar-refractivity contribution in [3.8, 4) is 5.69 Å². The van der Waals surface area contributed by atoms with E-state index >= 15 is 0 Å². The Morgan fingerprint density at radius 1 is 1.30 bits per heavy atom. The van der Waals surface area contributed by atoms with Gasteiger partial charge in [-0.25, -0.2) is 9.48 Å². The minimum atomic E-state index is -4.56. The van der Waals surface area contributed by atoms with Gasteiger partial charge in [0, 0.05) is 6.07 Å². The molecule has 0 bridgehead atoms. The molecular formula is C11H10N2O6S. The second kappa shape index (κ2) is 4.62. The molecular weight excluding hydrogens is 288 g/mol. The summed E-state index contributed by atoms with van der Waals surface area (Å²) >= 11 is 0. The van der Waals surface area contributed by atoms with E-state index in [1.807, 2.05) is 0 Å². The Morgan fingerprint density at radius 2 is 1.95 bits per heavy atom. The number of H-pyrrole nitrogens is 1. The first-order valence-electron chi connectivity index (χ1n) is 5.34. The van der Waals surface area contributed by atoms with Crippen LogP contribution in [0, 0.1) is 6.92 Å². The highest BCUT2D eigenvalue weighted by Gasteiger charge is 2.20. The monoisotopic (exact) mass is 298 g/mol. The fraction of sp³-hybridized carbons (Fsp3) is 0.0909. The number of aromatic amines is 1. The summed E-state index contributed by atoms with van der Waals surface area (Å²) in [5.41, 5.74) is -0.747. The molecule has 20 heavy (non-hydrogen) atoms. The third-order valence-electron chi connectivity index (χ3n) is 2.58. The average Bonchev–Trinajstić information content (AvgIpc) is 2.70. The Bertz CT molecular complexity index is 846. The Hall–Kier alpha value is -2.39. The van der Waals surface area contributed by atoms with Crippen molar-refractivity contribution < 1.29 is 22.9 Å². The summed E-state index contributed by atoms with van der Waals surface area (Å²) < 4.78 is 32.6. The normalized spacial score (nSPS) is 11.5. The van der Waals surface area contributed by atoms with E-state index in [0.29, 0.717) is 5.56 Å². The van der Waals surface area contributed by atoms with Gasteiger partial charge in [-0.3, -0.25) is 14.4 Å². The van der Waals surface area contributed by atoms with Gasteiger partial charge in [0.2, 0.25) is 0 Å². The summed E-state index contributed by atoms with van der Waals surface area (Å²) in [6.45, 7) is 1.61. The lowest BCUT2D eigenvalue weighted by Gasteiger charge is -2.08. The van der Waals surface area contributed by atoms with Crippen LogP contribution in [0.15, 0.2) is 34.0 Å². The number of rotatable bonds is 3. The topological polar surface area (TPSA) is 129 Å². The summed E-state index contributed by atoms with van der Waals surface area (Å²) in [4.78, 5) is 22.0. The molecule has 1 aromatic carbocycles. The van der Waals surface area contributed by atoms with Crippen molar-refractivity contribution in [2.75, 3.05) is 0 Å². The highest BCUT2D eigenvalue weighted by molar-refractivity contribution is 7.86. The molecule has 106 valence electrons. The van der Waals surface area contributed by atoms with Crippen molar-refractivity contribution in [1.29, 1.82) is 0 Å². The molecule has 0 unspecified atom stereocenters. The van der Waals surface area contributed by atoms with Crippen LogP contribution in [0.5, 0.6) is 0 Å². The zero-order valence-corrected chi connectivity index (χ0v) is 11.0. The number of hydrogen-bond acceptors (Lipinski definition) is 4. The molecule has 0 saturated heterocycles. The average molecular weight is 298 g/mol. The van der Waals surface area contributed by atoms with E-state index < -0.39 is 32.2 Å². The summed E-state index contributed by atoms with van der Waals surface area (Å²) in [7, 11) is -4.56. The van der Waals surface area contributed by atoms with Gasteiger partial charge in [-0.2, -0.15) is 8.42 Å². The molecule has 0 aliphatic heterocycles. The van der Waals surface area contributed by atoms with E-state index in [2.05, 4.69) is 5.10 Å². The number of aromatic carboxylic acids is 1. The highest BCUT2D eigenvalue weighted by atomic mass is 32.2. The van der Waals surface area contributed by atoms with Gasteiger partial charge in [0.05, 0.1) is 5.69 Å². The van der Waals surface area contributed by atoms with Crippen LogP contribution in [0.2, 0.25) is 0 Å². The van der Waals surface area contributed by atoms with Gasteiger partial charge < -0.3 is 5.11 Å². The van der Waals surface area contributed by atoms with Gasteiger partial charge in [0.1, 0.15) is 10.6 Å². The molecule has 0 atom stereocenters. The number of carbonyl (C=O) groups is 1. The molecule has 0 spiro atoms. The molecule has 3 N–H and O–H groups in total. The van der Waals surface area contributed by atoms with Gasteiger partial charge >= 0.3 is 5.97 Å². The molecule has 0 saturated carbocycles. The van der Waals surface area contributed by atoms with Crippen LogP contribution in [0.1, 0.15) is 16.1 Å². The van der Waals surface area contributed by atoms with Crippen LogP contribution < -0.4 is 5.56 Å². The van der Waals surface area contributed by atoms with Gasteiger partial charge in [-0.05, 0) is 24.6 Å². The number of carboxylic acids is 1. The van der Waals surface area contributed by atoms with Crippen LogP contribution >= 0.6 is 0 Å². The molecule has 0 amide bonds. The summed E-state index contributed by atoms with van der Waals surface area (Å²) in [5, 5.41) is 11.0. The van der Waals surface area contributed by atoms with Crippen molar-refractivity contribution in [1.82, 2.24) is 9.78 Å². The van der Waals surface area contributed by atoms with Crippen LogP contribution in [0.3, 0.4) is 0 Å². The number of nitrogens with one attached hydrogen (secondary N) is 1. The van der Waals surface area contributed by atoms with Crippen LogP contribution in [-0.2, 0) is 10.1 Å². The first kappa shape index (κ1) is 14.0. The lowest BCUT2D eigenvalue weighted by molar-refractivity contribution is 0.0690. The van der Waals surface area contributed by atoms with E-state index in [1.54, 1.807) is 6.92 Å². The quantitative estimate of drug-likeness (QED) is 0.704. The zero-order chi connectivity index (χ0) is 15.1. The van der Waals surface area contributed by atoms with Crippen LogP contribution in [0.4, 0.5) is 0 Å². The number of aromatic nitrogens is 2. The van der Waals surface area contributed by atoms with Gasteiger partial charge in [-0.15, -0.1) is 0 Å². The minimum absolute atomic E-state index is 0.157. The molecule has 9 heteroatoms. The fourth-order valence-corrected chi connectivity index (χ4v) is 2.46. The number of benzene rings is 1. The van der Waals surface area contributed by atoms with E-state index in [0.717, 1.165) is 10.7 Å². The highest BCUT2D eigenvalue weighted by Crippen LogP contribution is 2.20. The second-order valence-electron chi connectivity index (χ2n) is 4.09. The first-order chi connectivity index (χ1) is 9.20. The maximum absolute atomic E-state index is 11.7. The van der Waals surface area contributed by atoms with E-state index in [4.69, 9.17) is 5.11 Å². The Kier molecular flexibility index (Phi) is 3.24. The predicted molar refractivity (Wildman–Crippen MR) is 67.9 cm³/mol. The van der Waals surface area contributed by atoms with E-state index in [9.17, 15) is 22.6 Å². The number of aryl methyl sites for hydroxylation is 1. The molecule has 1 aromatic heterocycles. The number of carboxylic acid groups (broad SMARTS) is 1. The standard InChI is InChI=1S/C11H10N2O6S/c1-6-2-3-8(9(4-6)20(17,18)19)13-10(14)5-7(12-13)11(15)16/h2-5,12H,1H3,(H,15,16)(H,17,18,19). The third kappa shape index (κ3) is 2.49. The largest absolute Gasteiger partial charge is 0.477 e. The maximum Gasteiger partial charge on any atom is 0.353 e. The van der Waals surface area contributed by atoms with Gasteiger partial charge in [0.15, 0.2) is 0 Å². The minimum Gasteiger partial charge on any atom is -0.477 e. The van der Waals surface area contributed by atoms with Crippen molar-refractivity contribution in [2.45, 2.75) is 11.8 Å². The Morgan fingerprint density at radius 3 is 2.45 bits per heavy atom. The first-order valence-corrected chi connectivity index (χ1v) is 6.78. The molecule has 0 radical (unpaired) electrons. The lowest BCUT2D eigenvalue weighted by atomic mass is 10.2. The lowest BCUT2D eigenvalue weighted by Crippen LogP contribution is -2.17. The molecule has 0 fully saturated rings.